The minimum Gasteiger partial charge on any atom is -0.378 e. The monoisotopic (exact) mass is 226 g/mol. The molecule has 0 aliphatic carbocycles. The number of nitrogens with one attached hydrogen (secondary N) is 1. The summed E-state index contributed by atoms with van der Waals surface area (Å²) in [5.74, 6) is 0. The highest BCUT2D eigenvalue weighted by Crippen LogP contribution is 2.21. The Morgan fingerprint density at radius 1 is 1.73 bits per heavy atom. The molecule has 0 spiro atoms. The van der Waals surface area contributed by atoms with Crippen LogP contribution in [0.4, 0.5) is 0 Å². The lowest BCUT2D eigenvalue weighted by Crippen LogP contribution is -2.13. The highest BCUT2D eigenvalue weighted by Gasteiger charge is 2.18. The van der Waals surface area contributed by atoms with Gasteiger partial charge in [0.1, 0.15) is 0 Å². The number of ether oxygens (including phenoxy) is 1. The number of aromatic nitrogens is 1. The Morgan fingerprint density at radius 2 is 2.60 bits per heavy atom. The van der Waals surface area contributed by atoms with Crippen molar-refractivity contribution in [1.29, 1.82) is 0 Å². The van der Waals surface area contributed by atoms with E-state index in [9.17, 15) is 0 Å². The van der Waals surface area contributed by atoms with Crippen molar-refractivity contribution in [1.82, 2.24) is 10.3 Å². The zero-order valence-electron chi connectivity index (χ0n) is 9.32. The van der Waals surface area contributed by atoms with Gasteiger partial charge in [-0.15, -0.1) is 11.3 Å². The molecule has 4 heteroatoms. The van der Waals surface area contributed by atoms with Crippen LogP contribution in [0.15, 0.2) is 5.38 Å². The molecule has 1 N–H and O–H groups in total. The normalized spacial score (nSPS) is 23.2. The second-order valence-electron chi connectivity index (χ2n) is 4.02. The topological polar surface area (TPSA) is 34.1 Å². The molecular weight excluding hydrogens is 208 g/mol. The molecule has 0 radical (unpaired) electrons. The van der Waals surface area contributed by atoms with Gasteiger partial charge < -0.3 is 10.1 Å². The summed E-state index contributed by atoms with van der Waals surface area (Å²) in [6.07, 6.45) is 3.79. The van der Waals surface area contributed by atoms with Crippen LogP contribution in [-0.2, 0) is 11.2 Å². The molecule has 1 aliphatic heterocycles. The molecule has 2 unspecified atom stereocenters. The van der Waals surface area contributed by atoms with Crippen molar-refractivity contribution in [3.63, 3.8) is 0 Å². The largest absolute Gasteiger partial charge is 0.378 e. The van der Waals surface area contributed by atoms with Crippen molar-refractivity contribution in [3.05, 3.63) is 16.1 Å². The minimum absolute atomic E-state index is 0.347. The lowest BCUT2D eigenvalue weighted by atomic mass is 10.2. The molecule has 0 bridgehead atoms. The zero-order valence-corrected chi connectivity index (χ0v) is 10.1. The van der Waals surface area contributed by atoms with Crippen molar-refractivity contribution < 1.29 is 4.74 Å². The van der Waals surface area contributed by atoms with Gasteiger partial charge in [0.2, 0.25) is 0 Å². The van der Waals surface area contributed by atoms with Gasteiger partial charge in [-0.2, -0.15) is 0 Å². The van der Waals surface area contributed by atoms with Gasteiger partial charge in [0.25, 0.3) is 0 Å². The van der Waals surface area contributed by atoms with E-state index in [0.717, 1.165) is 18.7 Å². The van der Waals surface area contributed by atoms with Crippen LogP contribution >= 0.6 is 11.3 Å². The van der Waals surface area contributed by atoms with E-state index < -0.39 is 0 Å². The SMILES string of the molecule is CNC(C)c1csc(CC2CCCO2)n1. The molecule has 2 heterocycles. The number of thiazole rings is 1. The number of hydrogen-bond donors (Lipinski definition) is 1. The first-order valence-corrected chi connectivity index (χ1v) is 6.40. The zero-order chi connectivity index (χ0) is 10.7. The third kappa shape index (κ3) is 2.77. The van der Waals surface area contributed by atoms with Gasteiger partial charge in [0.05, 0.1) is 16.8 Å². The Labute approximate surface area is 94.9 Å². The lowest BCUT2D eigenvalue weighted by Gasteiger charge is -2.07. The van der Waals surface area contributed by atoms with Gasteiger partial charge in [-0.1, -0.05) is 0 Å². The Morgan fingerprint density at radius 3 is 3.27 bits per heavy atom. The number of hydrogen-bond acceptors (Lipinski definition) is 4. The minimum atomic E-state index is 0.347. The molecule has 1 aliphatic rings. The van der Waals surface area contributed by atoms with E-state index >= 15 is 0 Å². The molecule has 0 aromatic carbocycles. The molecule has 1 aromatic heterocycles. The average Bonchev–Trinajstić information content (AvgIpc) is 2.88. The Kier molecular flexibility index (Phi) is 3.72. The maximum Gasteiger partial charge on any atom is 0.0954 e. The Bertz CT molecular complexity index is 307. The molecule has 1 saturated heterocycles. The fraction of sp³-hybridized carbons (Fsp3) is 0.727. The van der Waals surface area contributed by atoms with E-state index in [1.54, 1.807) is 11.3 Å². The van der Waals surface area contributed by atoms with Crippen LogP contribution in [0.3, 0.4) is 0 Å². The summed E-state index contributed by atoms with van der Waals surface area (Å²) < 4.78 is 5.60. The third-order valence-electron chi connectivity index (χ3n) is 2.87. The molecule has 1 fully saturated rings. The molecule has 84 valence electrons. The van der Waals surface area contributed by atoms with Crippen molar-refractivity contribution in [3.8, 4) is 0 Å². The van der Waals surface area contributed by atoms with E-state index in [4.69, 9.17) is 4.74 Å². The van der Waals surface area contributed by atoms with E-state index in [2.05, 4.69) is 22.6 Å². The summed E-state index contributed by atoms with van der Waals surface area (Å²) in [4.78, 5) is 4.62. The predicted octanol–water partition coefficient (Wildman–Crippen LogP) is 2.15. The maximum atomic E-state index is 5.60. The summed E-state index contributed by atoms with van der Waals surface area (Å²) in [6, 6.07) is 0.347. The fourth-order valence-electron chi connectivity index (χ4n) is 1.77. The first kappa shape index (κ1) is 11.0. The Hall–Kier alpha value is -0.450. The molecule has 0 saturated carbocycles. The lowest BCUT2D eigenvalue weighted by molar-refractivity contribution is 0.111. The molecular formula is C11H18N2OS. The predicted molar refractivity (Wildman–Crippen MR) is 62.3 cm³/mol. The molecule has 15 heavy (non-hydrogen) atoms. The van der Waals surface area contributed by atoms with Gasteiger partial charge >= 0.3 is 0 Å². The summed E-state index contributed by atoms with van der Waals surface area (Å²) >= 11 is 1.75. The van der Waals surface area contributed by atoms with E-state index in [0.29, 0.717) is 12.1 Å². The van der Waals surface area contributed by atoms with Crippen LogP contribution in [0, 0.1) is 0 Å². The highest BCUT2D eigenvalue weighted by atomic mass is 32.1. The Balaban J connectivity index is 1.94. The fourth-order valence-corrected chi connectivity index (χ4v) is 2.72. The van der Waals surface area contributed by atoms with Gasteiger partial charge in [-0.3, -0.25) is 0 Å². The summed E-state index contributed by atoms with van der Waals surface area (Å²) in [5, 5.41) is 6.55. The van der Waals surface area contributed by atoms with Crippen molar-refractivity contribution in [2.24, 2.45) is 0 Å². The molecule has 2 atom stereocenters. The number of nitrogens with zero attached hydrogens (tertiary/aromatic N) is 1. The van der Waals surface area contributed by atoms with Crippen molar-refractivity contribution >= 4 is 11.3 Å². The van der Waals surface area contributed by atoms with Crippen molar-refractivity contribution in [2.45, 2.75) is 38.3 Å². The van der Waals surface area contributed by atoms with E-state index in [1.807, 2.05) is 7.05 Å². The summed E-state index contributed by atoms with van der Waals surface area (Å²) in [5.41, 5.74) is 1.15. The van der Waals surface area contributed by atoms with Crippen LogP contribution in [0.2, 0.25) is 0 Å². The van der Waals surface area contributed by atoms with Crippen LogP contribution in [-0.4, -0.2) is 24.7 Å². The molecule has 1 aromatic rings. The average molecular weight is 226 g/mol. The van der Waals surface area contributed by atoms with Gasteiger partial charge in [0, 0.05) is 24.4 Å². The van der Waals surface area contributed by atoms with Gasteiger partial charge in [-0.25, -0.2) is 4.98 Å². The standard InChI is InChI=1S/C11H18N2OS/c1-8(12-2)10-7-15-11(13-10)6-9-4-3-5-14-9/h7-9,12H,3-6H2,1-2H3. The van der Waals surface area contributed by atoms with Gasteiger partial charge in [0.15, 0.2) is 0 Å². The third-order valence-corrected chi connectivity index (χ3v) is 3.76. The molecule has 0 amide bonds. The van der Waals surface area contributed by atoms with Crippen LogP contribution < -0.4 is 5.32 Å². The second kappa shape index (κ2) is 5.05. The molecule has 3 nitrogen and oxygen atoms in total. The highest BCUT2D eigenvalue weighted by molar-refractivity contribution is 7.09. The molecule has 2 rings (SSSR count). The summed E-state index contributed by atoms with van der Waals surface area (Å²) in [6.45, 7) is 3.06. The summed E-state index contributed by atoms with van der Waals surface area (Å²) in [7, 11) is 1.96. The quantitative estimate of drug-likeness (QED) is 0.854. The first-order chi connectivity index (χ1) is 7.29. The van der Waals surface area contributed by atoms with Gasteiger partial charge in [-0.05, 0) is 26.8 Å². The van der Waals surface area contributed by atoms with E-state index in [1.165, 1.54) is 17.8 Å². The van der Waals surface area contributed by atoms with Crippen LogP contribution in [0.5, 0.6) is 0 Å². The second-order valence-corrected chi connectivity index (χ2v) is 4.96. The smallest absolute Gasteiger partial charge is 0.0954 e. The maximum absolute atomic E-state index is 5.60. The van der Waals surface area contributed by atoms with Crippen LogP contribution in [0.25, 0.3) is 0 Å². The van der Waals surface area contributed by atoms with Crippen molar-refractivity contribution in [2.75, 3.05) is 13.7 Å². The van der Waals surface area contributed by atoms with E-state index in [-0.39, 0.29) is 0 Å². The first-order valence-electron chi connectivity index (χ1n) is 5.52. The number of rotatable bonds is 4. The van der Waals surface area contributed by atoms with Crippen LogP contribution in [0.1, 0.15) is 36.5 Å².